The highest BCUT2D eigenvalue weighted by Crippen LogP contribution is 2.57. The molecule has 3 atom stereocenters. The molecule has 0 radical (unpaired) electrons. The van der Waals surface area contributed by atoms with Crippen LogP contribution in [0.25, 0.3) is 11.3 Å². The molecule has 0 spiro atoms. The molecule has 0 amide bonds. The smallest absolute Gasteiger partial charge is 0.383 e. The van der Waals surface area contributed by atoms with E-state index in [2.05, 4.69) is 28.3 Å². The quantitative estimate of drug-likeness (QED) is 0.788. The van der Waals surface area contributed by atoms with Gasteiger partial charge >= 0.3 is 6.18 Å². The molecule has 5 rings (SSSR count). The average Bonchev–Trinajstić information content (AvgIpc) is 3.09. The van der Waals surface area contributed by atoms with Gasteiger partial charge in [0.25, 0.3) is 0 Å². The summed E-state index contributed by atoms with van der Waals surface area (Å²) in [6, 6.07) is 2.05. The summed E-state index contributed by atoms with van der Waals surface area (Å²) in [5.41, 5.74) is 5.41. The lowest BCUT2D eigenvalue weighted by atomic mass is 10.1. The number of imidazole rings is 1. The summed E-state index contributed by atoms with van der Waals surface area (Å²) >= 11 is 0. The van der Waals surface area contributed by atoms with Gasteiger partial charge in [-0.25, -0.2) is 9.97 Å². The van der Waals surface area contributed by atoms with E-state index in [-0.39, 0.29) is 5.92 Å². The molecular formula is C22H28F3N5O. The Morgan fingerprint density at radius 2 is 1.84 bits per heavy atom. The van der Waals surface area contributed by atoms with Crippen molar-refractivity contribution in [2.75, 3.05) is 32.0 Å². The van der Waals surface area contributed by atoms with E-state index in [1.54, 1.807) is 0 Å². The van der Waals surface area contributed by atoms with E-state index < -0.39 is 17.6 Å². The summed E-state index contributed by atoms with van der Waals surface area (Å²) in [5, 5.41) is 0. The first kappa shape index (κ1) is 20.8. The van der Waals surface area contributed by atoms with E-state index >= 15 is 0 Å². The number of hydrogen-bond donors (Lipinski definition) is 1. The number of halogens is 3. The number of likely N-dealkylation sites (tertiary alicyclic amines) is 1. The number of rotatable bonds is 4. The molecular weight excluding hydrogens is 407 g/mol. The SMILES string of the molecule is CC(C)c1nc(-c2cnc(N)c(C(F)(F)F)c2)cn1[C@@H]1[C@@H]2CN(C3CCOCC3)C[C@@H]21. The number of nitrogens with two attached hydrogens (primary N) is 1. The Labute approximate surface area is 179 Å². The predicted octanol–water partition coefficient (Wildman–Crippen LogP) is 3.95. The molecule has 2 aromatic heterocycles. The second-order valence-corrected chi connectivity index (χ2v) is 9.32. The standard InChI is InChI=1S/C22H28F3N5O/c1-12(2)21-28-18(13-7-17(22(23,24)25)20(26)27-8-13)11-30(21)19-15-9-29(10-16(15)19)14-3-5-31-6-4-14/h7-8,11-12,14-16,19H,3-6,9-10H2,1-2H3,(H2,26,27)/t15-,16+,19-. The molecule has 6 nitrogen and oxygen atoms in total. The first-order valence-electron chi connectivity index (χ1n) is 11.0. The molecule has 168 valence electrons. The number of hydrogen-bond acceptors (Lipinski definition) is 5. The van der Waals surface area contributed by atoms with Crippen LogP contribution in [0.15, 0.2) is 18.5 Å². The Hall–Kier alpha value is -2.13. The number of pyridine rings is 1. The highest BCUT2D eigenvalue weighted by molar-refractivity contribution is 5.62. The highest BCUT2D eigenvalue weighted by atomic mass is 19.4. The predicted molar refractivity (Wildman–Crippen MR) is 110 cm³/mol. The number of fused-ring (bicyclic) bond motifs is 1. The number of aromatic nitrogens is 3. The van der Waals surface area contributed by atoms with Crippen molar-refractivity contribution in [2.45, 2.75) is 50.9 Å². The summed E-state index contributed by atoms with van der Waals surface area (Å²) in [6.07, 6.45) is 0.939. The van der Waals surface area contributed by atoms with E-state index in [9.17, 15) is 13.2 Å². The van der Waals surface area contributed by atoms with Gasteiger partial charge in [0.1, 0.15) is 11.6 Å². The molecule has 3 aliphatic rings. The first-order chi connectivity index (χ1) is 14.7. The van der Waals surface area contributed by atoms with Gasteiger partial charge in [0.2, 0.25) is 0 Å². The Morgan fingerprint density at radius 1 is 1.16 bits per heavy atom. The van der Waals surface area contributed by atoms with Crippen molar-refractivity contribution in [3.05, 3.63) is 29.8 Å². The first-order valence-corrected chi connectivity index (χ1v) is 11.0. The Kier molecular flexibility index (Phi) is 5.01. The Morgan fingerprint density at radius 3 is 2.45 bits per heavy atom. The van der Waals surface area contributed by atoms with Crippen molar-refractivity contribution in [1.29, 1.82) is 0 Å². The van der Waals surface area contributed by atoms with Gasteiger partial charge in [0, 0.05) is 62.3 Å². The molecule has 9 heteroatoms. The van der Waals surface area contributed by atoms with Crippen LogP contribution in [0, 0.1) is 11.8 Å². The van der Waals surface area contributed by atoms with E-state index in [4.69, 9.17) is 15.5 Å². The third-order valence-corrected chi connectivity index (χ3v) is 7.00. The van der Waals surface area contributed by atoms with Crippen LogP contribution >= 0.6 is 0 Å². The van der Waals surface area contributed by atoms with Gasteiger partial charge in [0.05, 0.1) is 11.3 Å². The lowest BCUT2D eigenvalue weighted by Gasteiger charge is -2.32. The van der Waals surface area contributed by atoms with Crippen LogP contribution in [0.5, 0.6) is 0 Å². The lowest BCUT2D eigenvalue weighted by molar-refractivity contribution is -0.137. The number of anilines is 1. The van der Waals surface area contributed by atoms with Crippen LogP contribution in [0.2, 0.25) is 0 Å². The third-order valence-electron chi connectivity index (χ3n) is 7.00. The molecule has 3 fully saturated rings. The molecule has 31 heavy (non-hydrogen) atoms. The van der Waals surface area contributed by atoms with Gasteiger partial charge in [-0.3, -0.25) is 4.90 Å². The summed E-state index contributed by atoms with van der Waals surface area (Å²) in [7, 11) is 0. The fourth-order valence-electron chi connectivity index (χ4n) is 5.34. The molecule has 2 N–H and O–H groups in total. The Bertz CT molecular complexity index is 955. The van der Waals surface area contributed by atoms with Gasteiger partial charge in [-0.05, 0) is 30.7 Å². The molecule has 1 saturated carbocycles. The maximum Gasteiger partial charge on any atom is 0.419 e. The van der Waals surface area contributed by atoms with E-state index in [1.165, 1.54) is 6.20 Å². The highest BCUT2D eigenvalue weighted by Gasteiger charge is 2.58. The summed E-state index contributed by atoms with van der Waals surface area (Å²) < 4.78 is 47.5. The fourth-order valence-corrected chi connectivity index (χ4v) is 5.34. The van der Waals surface area contributed by atoms with Gasteiger partial charge in [-0.15, -0.1) is 0 Å². The van der Waals surface area contributed by atoms with Crippen LogP contribution in [-0.2, 0) is 10.9 Å². The number of nitrogen functional groups attached to an aromatic ring is 1. The molecule has 4 heterocycles. The number of piperidine rings is 1. The normalized spacial score (nSPS) is 27.1. The van der Waals surface area contributed by atoms with Crippen molar-refractivity contribution in [2.24, 2.45) is 11.8 Å². The van der Waals surface area contributed by atoms with Crippen LogP contribution < -0.4 is 5.73 Å². The second-order valence-electron chi connectivity index (χ2n) is 9.32. The third kappa shape index (κ3) is 3.71. The van der Waals surface area contributed by atoms with Crippen molar-refractivity contribution in [3.8, 4) is 11.3 Å². The van der Waals surface area contributed by atoms with Gasteiger partial charge in [-0.2, -0.15) is 13.2 Å². The van der Waals surface area contributed by atoms with Crippen LogP contribution in [0.1, 0.15) is 50.0 Å². The van der Waals surface area contributed by atoms with Crippen molar-refractivity contribution < 1.29 is 17.9 Å². The monoisotopic (exact) mass is 435 g/mol. The van der Waals surface area contributed by atoms with Crippen molar-refractivity contribution in [3.63, 3.8) is 0 Å². The minimum Gasteiger partial charge on any atom is -0.383 e. The number of alkyl halides is 3. The minimum absolute atomic E-state index is 0.172. The zero-order valence-electron chi connectivity index (χ0n) is 17.8. The van der Waals surface area contributed by atoms with E-state index in [0.29, 0.717) is 35.2 Å². The molecule has 0 aromatic carbocycles. The molecule has 2 aliphatic heterocycles. The summed E-state index contributed by atoms with van der Waals surface area (Å²) in [6.45, 7) is 7.98. The molecule has 1 aliphatic carbocycles. The Balaban J connectivity index is 1.39. The maximum absolute atomic E-state index is 13.3. The van der Waals surface area contributed by atoms with Crippen LogP contribution in [0.4, 0.5) is 19.0 Å². The zero-order valence-corrected chi connectivity index (χ0v) is 17.8. The van der Waals surface area contributed by atoms with Crippen molar-refractivity contribution >= 4 is 5.82 Å². The average molecular weight is 435 g/mol. The van der Waals surface area contributed by atoms with Crippen molar-refractivity contribution in [1.82, 2.24) is 19.4 Å². The second kappa shape index (κ2) is 7.48. The van der Waals surface area contributed by atoms with E-state index in [0.717, 1.165) is 51.0 Å². The number of ether oxygens (including phenoxy) is 1. The van der Waals surface area contributed by atoms with Gasteiger partial charge in [0.15, 0.2) is 0 Å². The molecule has 0 bridgehead atoms. The number of nitrogens with zero attached hydrogens (tertiary/aromatic N) is 4. The van der Waals surface area contributed by atoms with Crippen LogP contribution in [0.3, 0.4) is 0 Å². The van der Waals surface area contributed by atoms with Gasteiger partial charge < -0.3 is 15.0 Å². The topological polar surface area (TPSA) is 69.2 Å². The largest absolute Gasteiger partial charge is 0.419 e. The van der Waals surface area contributed by atoms with Gasteiger partial charge in [-0.1, -0.05) is 13.8 Å². The van der Waals surface area contributed by atoms with E-state index in [1.807, 2.05) is 6.20 Å². The summed E-state index contributed by atoms with van der Waals surface area (Å²) in [4.78, 5) is 11.1. The minimum atomic E-state index is -4.54. The maximum atomic E-state index is 13.3. The fraction of sp³-hybridized carbons (Fsp3) is 0.636. The summed E-state index contributed by atoms with van der Waals surface area (Å²) in [5.74, 6) is 1.74. The molecule has 2 saturated heterocycles. The molecule has 2 aromatic rings. The van der Waals surface area contributed by atoms with Crippen LogP contribution in [-0.4, -0.2) is 51.8 Å². The zero-order chi connectivity index (χ0) is 21.9. The molecule has 0 unspecified atom stereocenters. The lowest BCUT2D eigenvalue weighted by Crippen LogP contribution is -2.39.